The molecule has 12 heteroatoms. The number of hydrogen-bond acceptors (Lipinski definition) is 5. The molecule has 6 nitrogen and oxygen atoms in total. The molecular weight excluding hydrogens is 562 g/mol. The molecule has 3 aromatic rings. The Morgan fingerprint density at radius 2 is 1.64 bits per heavy atom. The SMILES string of the molecule is CC(=O)CNC1CCN(c2cc(-c3ccccc3C)c(C(=O)N(C)Cc3cc(C(F)(F)F)cc(C(F)(F)F)c3)cn2)C1. The molecule has 0 saturated carbocycles. The van der Waals surface area contributed by atoms with E-state index in [1.54, 1.807) is 12.1 Å². The van der Waals surface area contributed by atoms with Gasteiger partial charge in [-0.2, -0.15) is 26.3 Å². The molecule has 2 aromatic carbocycles. The van der Waals surface area contributed by atoms with Crippen LogP contribution in [0.4, 0.5) is 32.2 Å². The van der Waals surface area contributed by atoms with Crippen LogP contribution >= 0.6 is 0 Å². The first kappa shape index (κ1) is 31.0. The van der Waals surface area contributed by atoms with Gasteiger partial charge >= 0.3 is 12.4 Å². The van der Waals surface area contributed by atoms with Gasteiger partial charge in [0, 0.05) is 38.9 Å². The monoisotopic (exact) mass is 592 g/mol. The third kappa shape index (κ3) is 7.28. The molecule has 0 radical (unpaired) electrons. The lowest BCUT2D eigenvalue weighted by Gasteiger charge is -2.23. The Hall–Kier alpha value is -3.93. The number of pyridine rings is 1. The number of carbonyl (C=O) groups is 2. The number of rotatable bonds is 8. The first-order chi connectivity index (χ1) is 19.6. The van der Waals surface area contributed by atoms with E-state index in [4.69, 9.17) is 0 Å². The number of nitrogens with zero attached hydrogens (tertiary/aromatic N) is 3. The Kier molecular flexibility index (Phi) is 8.95. The molecule has 1 aromatic heterocycles. The van der Waals surface area contributed by atoms with Crippen molar-refractivity contribution in [1.29, 1.82) is 0 Å². The topological polar surface area (TPSA) is 65.5 Å². The van der Waals surface area contributed by atoms with Gasteiger partial charge in [-0.05, 0) is 66.8 Å². The number of amides is 1. The van der Waals surface area contributed by atoms with E-state index < -0.39 is 35.9 Å². The predicted octanol–water partition coefficient (Wildman–Crippen LogP) is 6.12. The van der Waals surface area contributed by atoms with E-state index in [0.29, 0.717) is 36.6 Å². The summed E-state index contributed by atoms with van der Waals surface area (Å²) < 4.78 is 80.2. The van der Waals surface area contributed by atoms with Crippen molar-refractivity contribution in [2.75, 3.05) is 31.6 Å². The van der Waals surface area contributed by atoms with Gasteiger partial charge < -0.3 is 15.1 Å². The van der Waals surface area contributed by atoms with E-state index in [-0.39, 0.29) is 35.6 Å². The standard InChI is InChI=1S/C30H30F6N4O2/c1-18-6-4-5-7-24(18)25-13-27(40-9-8-23(17-40)37-14-19(2)41)38-15-26(25)28(42)39(3)16-20-10-21(29(31,32)33)12-22(11-20)30(34,35)36/h4-7,10-13,15,23,37H,8-9,14,16-17H2,1-3H3. The van der Waals surface area contributed by atoms with Gasteiger partial charge in [0.25, 0.3) is 5.91 Å². The molecule has 1 amide bonds. The highest BCUT2D eigenvalue weighted by atomic mass is 19.4. The van der Waals surface area contributed by atoms with Crippen molar-refractivity contribution in [3.05, 3.63) is 82.5 Å². The minimum atomic E-state index is -4.99. The molecule has 1 aliphatic rings. The fraction of sp³-hybridized carbons (Fsp3) is 0.367. The Labute approximate surface area is 239 Å². The fourth-order valence-electron chi connectivity index (χ4n) is 4.97. The van der Waals surface area contributed by atoms with Crippen molar-refractivity contribution in [3.63, 3.8) is 0 Å². The number of ketones is 1. The molecular formula is C30H30F6N4O2. The second-order valence-corrected chi connectivity index (χ2v) is 10.5. The molecule has 1 saturated heterocycles. The van der Waals surface area contributed by atoms with Gasteiger partial charge in [0.1, 0.15) is 11.6 Å². The van der Waals surface area contributed by atoms with Crippen LogP contribution in [0.1, 0.15) is 46.0 Å². The highest BCUT2D eigenvalue weighted by molar-refractivity contribution is 6.01. The van der Waals surface area contributed by atoms with Crippen molar-refractivity contribution in [3.8, 4) is 11.1 Å². The minimum absolute atomic E-state index is 0.0279. The van der Waals surface area contributed by atoms with Gasteiger partial charge in [-0.15, -0.1) is 0 Å². The summed E-state index contributed by atoms with van der Waals surface area (Å²) >= 11 is 0. The average Bonchev–Trinajstić information content (AvgIpc) is 3.39. The van der Waals surface area contributed by atoms with Gasteiger partial charge in [0.05, 0.1) is 23.2 Å². The Morgan fingerprint density at radius 3 is 2.24 bits per heavy atom. The number of anilines is 1. The molecule has 1 atom stereocenters. The van der Waals surface area contributed by atoms with Gasteiger partial charge in [0.2, 0.25) is 0 Å². The van der Waals surface area contributed by atoms with E-state index in [9.17, 15) is 35.9 Å². The van der Waals surface area contributed by atoms with Crippen LogP contribution in [-0.2, 0) is 23.7 Å². The normalized spacial score (nSPS) is 15.6. The van der Waals surface area contributed by atoms with E-state index >= 15 is 0 Å². The first-order valence-electron chi connectivity index (χ1n) is 13.2. The highest BCUT2D eigenvalue weighted by Crippen LogP contribution is 2.37. The molecule has 224 valence electrons. The van der Waals surface area contributed by atoms with Gasteiger partial charge in [-0.1, -0.05) is 24.3 Å². The zero-order valence-electron chi connectivity index (χ0n) is 23.2. The number of carbonyl (C=O) groups excluding carboxylic acids is 2. The first-order valence-corrected chi connectivity index (χ1v) is 13.2. The molecule has 1 unspecified atom stereocenters. The van der Waals surface area contributed by atoms with Gasteiger partial charge in [-0.3, -0.25) is 9.59 Å². The van der Waals surface area contributed by atoms with Crippen LogP contribution in [0, 0.1) is 6.92 Å². The smallest absolute Gasteiger partial charge is 0.355 e. The maximum absolute atomic E-state index is 13.6. The lowest BCUT2D eigenvalue weighted by molar-refractivity contribution is -0.143. The second kappa shape index (κ2) is 12.1. The van der Waals surface area contributed by atoms with Crippen LogP contribution in [0.15, 0.2) is 54.7 Å². The van der Waals surface area contributed by atoms with Crippen LogP contribution in [0.5, 0.6) is 0 Å². The number of nitrogens with one attached hydrogen (secondary N) is 1. The highest BCUT2D eigenvalue weighted by Gasteiger charge is 2.37. The van der Waals surface area contributed by atoms with E-state index in [0.717, 1.165) is 22.4 Å². The van der Waals surface area contributed by atoms with Crippen molar-refractivity contribution in [2.45, 2.75) is 45.2 Å². The summed E-state index contributed by atoms with van der Waals surface area (Å²) in [6.45, 7) is 4.40. The fourth-order valence-corrected chi connectivity index (χ4v) is 4.97. The molecule has 1 aliphatic heterocycles. The van der Waals surface area contributed by atoms with E-state index in [2.05, 4.69) is 10.3 Å². The molecule has 0 spiro atoms. The third-order valence-electron chi connectivity index (χ3n) is 7.12. The summed E-state index contributed by atoms with van der Waals surface area (Å²) in [5, 5.41) is 3.21. The number of benzene rings is 2. The lowest BCUT2D eigenvalue weighted by Crippen LogP contribution is -2.35. The Bertz CT molecular complexity index is 1440. The van der Waals surface area contributed by atoms with Gasteiger partial charge in [-0.25, -0.2) is 4.98 Å². The summed E-state index contributed by atoms with van der Waals surface area (Å²) in [4.78, 5) is 32.6. The summed E-state index contributed by atoms with van der Waals surface area (Å²) in [5.41, 5.74) is -0.901. The lowest BCUT2D eigenvalue weighted by atomic mass is 9.96. The average molecular weight is 593 g/mol. The summed E-state index contributed by atoms with van der Waals surface area (Å²) in [5.74, 6) is 0.0214. The van der Waals surface area contributed by atoms with Crippen LogP contribution in [0.2, 0.25) is 0 Å². The number of Topliss-reactive ketones (excluding diaryl/α,β-unsaturated/α-hetero) is 1. The van der Waals surface area contributed by atoms with Crippen LogP contribution in [0.25, 0.3) is 11.1 Å². The zero-order chi connectivity index (χ0) is 30.8. The minimum Gasteiger partial charge on any atom is -0.355 e. The van der Waals surface area contributed by atoms with E-state index in [1.807, 2.05) is 30.0 Å². The zero-order valence-corrected chi connectivity index (χ0v) is 23.2. The number of aromatic nitrogens is 1. The Balaban J connectivity index is 1.66. The third-order valence-corrected chi connectivity index (χ3v) is 7.12. The largest absolute Gasteiger partial charge is 0.416 e. The van der Waals surface area contributed by atoms with E-state index in [1.165, 1.54) is 20.2 Å². The molecule has 2 heterocycles. The Morgan fingerprint density at radius 1 is 1.00 bits per heavy atom. The summed E-state index contributed by atoms with van der Waals surface area (Å²) in [7, 11) is 1.32. The van der Waals surface area contributed by atoms with Gasteiger partial charge in [0.15, 0.2) is 0 Å². The van der Waals surface area contributed by atoms with Crippen molar-refractivity contribution < 1.29 is 35.9 Å². The van der Waals surface area contributed by atoms with Crippen molar-refractivity contribution in [1.82, 2.24) is 15.2 Å². The maximum Gasteiger partial charge on any atom is 0.416 e. The summed E-state index contributed by atoms with van der Waals surface area (Å²) in [6, 6.07) is 10.5. The predicted molar refractivity (Wildman–Crippen MR) is 146 cm³/mol. The number of alkyl halides is 6. The molecule has 42 heavy (non-hydrogen) atoms. The molecule has 1 fully saturated rings. The van der Waals surface area contributed by atoms with Crippen LogP contribution < -0.4 is 10.2 Å². The molecule has 0 bridgehead atoms. The summed E-state index contributed by atoms with van der Waals surface area (Å²) in [6.07, 6.45) is -7.81. The van der Waals surface area contributed by atoms with Crippen LogP contribution in [-0.4, -0.2) is 54.3 Å². The van der Waals surface area contributed by atoms with Crippen molar-refractivity contribution in [2.24, 2.45) is 0 Å². The quantitative estimate of drug-likeness (QED) is 0.319. The second-order valence-electron chi connectivity index (χ2n) is 10.5. The number of aryl methyl sites for hydroxylation is 1. The number of halogens is 6. The molecule has 1 N–H and O–H groups in total. The maximum atomic E-state index is 13.6. The molecule has 4 rings (SSSR count). The van der Waals surface area contributed by atoms with Crippen molar-refractivity contribution >= 4 is 17.5 Å². The number of hydrogen-bond donors (Lipinski definition) is 1. The van der Waals surface area contributed by atoms with Crippen LogP contribution in [0.3, 0.4) is 0 Å². The molecule has 0 aliphatic carbocycles.